The average molecular weight is 214 g/mol. The molecule has 0 aromatic carbocycles. The van der Waals surface area contributed by atoms with Crippen LogP contribution in [0, 0.1) is 11.8 Å². The van der Waals surface area contributed by atoms with Gasteiger partial charge >= 0.3 is 0 Å². The lowest BCUT2D eigenvalue weighted by Gasteiger charge is -2.32. The number of likely N-dealkylation sites (N-methyl/N-ethyl adjacent to an activating group) is 1. The van der Waals surface area contributed by atoms with Crippen molar-refractivity contribution in [3.05, 3.63) is 0 Å². The number of nitrogens with two attached hydrogens (primary N) is 1. The SMILES string of the molecule is CCC(C)CN(C)CC(O)(CN)C1CC1. The fourth-order valence-electron chi connectivity index (χ4n) is 2.17. The first-order valence-electron chi connectivity index (χ1n) is 6.12. The lowest BCUT2D eigenvalue weighted by molar-refractivity contribution is -0.00466. The molecule has 0 saturated heterocycles. The van der Waals surface area contributed by atoms with E-state index in [1.807, 2.05) is 0 Å². The van der Waals surface area contributed by atoms with Gasteiger partial charge in [-0.25, -0.2) is 0 Å². The summed E-state index contributed by atoms with van der Waals surface area (Å²) < 4.78 is 0. The predicted octanol–water partition coefficient (Wildman–Crippen LogP) is 1.06. The van der Waals surface area contributed by atoms with Gasteiger partial charge in [-0.2, -0.15) is 0 Å². The highest BCUT2D eigenvalue weighted by Gasteiger charge is 2.43. The van der Waals surface area contributed by atoms with E-state index in [0.29, 0.717) is 18.4 Å². The van der Waals surface area contributed by atoms with Gasteiger partial charge in [0.2, 0.25) is 0 Å². The Hall–Kier alpha value is -0.120. The van der Waals surface area contributed by atoms with E-state index in [4.69, 9.17) is 5.73 Å². The Labute approximate surface area is 93.6 Å². The van der Waals surface area contributed by atoms with Crippen LogP contribution in [0.4, 0.5) is 0 Å². The molecule has 2 atom stereocenters. The zero-order valence-corrected chi connectivity index (χ0v) is 10.4. The molecule has 0 amide bonds. The van der Waals surface area contributed by atoms with Crippen molar-refractivity contribution in [1.82, 2.24) is 4.90 Å². The van der Waals surface area contributed by atoms with Gasteiger partial charge in [-0.05, 0) is 31.7 Å². The molecule has 0 aliphatic heterocycles. The molecular weight excluding hydrogens is 188 g/mol. The van der Waals surface area contributed by atoms with Crippen molar-refractivity contribution in [2.24, 2.45) is 17.6 Å². The van der Waals surface area contributed by atoms with E-state index >= 15 is 0 Å². The lowest BCUT2D eigenvalue weighted by Crippen LogP contribution is -2.49. The van der Waals surface area contributed by atoms with Crippen LogP contribution in [0.3, 0.4) is 0 Å². The second-order valence-corrected chi connectivity index (χ2v) is 5.29. The summed E-state index contributed by atoms with van der Waals surface area (Å²) in [7, 11) is 2.08. The molecule has 1 fully saturated rings. The quantitative estimate of drug-likeness (QED) is 0.666. The molecule has 0 spiro atoms. The predicted molar refractivity (Wildman–Crippen MR) is 63.7 cm³/mol. The van der Waals surface area contributed by atoms with Crippen LogP contribution in [0.1, 0.15) is 33.1 Å². The van der Waals surface area contributed by atoms with Gasteiger partial charge in [0, 0.05) is 19.6 Å². The maximum atomic E-state index is 10.3. The minimum atomic E-state index is -0.637. The van der Waals surface area contributed by atoms with Gasteiger partial charge in [0.15, 0.2) is 0 Å². The van der Waals surface area contributed by atoms with Crippen molar-refractivity contribution < 1.29 is 5.11 Å². The zero-order valence-electron chi connectivity index (χ0n) is 10.4. The second kappa shape index (κ2) is 5.28. The van der Waals surface area contributed by atoms with Crippen LogP contribution in [0.15, 0.2) is 0 Å². The van der Waals surface area contributed by atoms with Crippen LogP contribution in [-0.4, -0.2) is 42.3 Å². The van der Waals surface area contributed by atoms with Gasteiger partial charge in [0.25, 0.3) is 0 Å². The highest BCUT2D eigenvalue weighted by molar-refractivity contribution is 4.97. The maximum Gasteiger partial charge on any atom is 0.0923 e. The summed E-state index contributed by atoms with van der Waals surface area (Å²) in [6, 6.07) is 0. The lowest BCUT2D eigenvalue weighted by atomic mass is 9.97. The summed E-state index contributed by atoms with van der Waals surface area (Å²) in [4.78, 5) is 2.22. The molecule has 0 aromatic heterocycles. The van der Waals surface area contributed by atoms with Crippen LogP contribution >= 0.6 is 0 Å². The zero-order chi connectivity index (χ0) is 11.5. The topological polar surface area (TPSA) is 49.5 Å². The molecule has 3 N–H and O–H groups in total. The number of hydrogen-bond acceptors (Lipinski definition) is 3. The Morgan fingerprint density at radius 2 is 2.13 bits per heavy atom. The molecule has 3 heteroatoms. The van der Waals surface area contributed by atoms with Gasteiger partial charge in [-0.15, -0.1) is 0 Å². The van der Waals surface area contributed by atoms with Crippen LogP contribution in [0.2, 0.25) is 0 Å². The van der Waals surface area contributed by atoms with E-state index in [-0.39, 0.29) is 0 Å². The van der Waals surface area contributed by atoms with Crippen molar-refractivity contribution >= 4 is 0 Å². The molecule has 2 unspecified atom stereocenters. The minimum absolute atomic E-state index is 0.391. The fraction of sp³-hybridized carbons (Fsp3) is 1.00. The minimum Gasteiger partial charge on any atom is -0.387 e. The summed E-state index contributed by atoms with van der Waals surface area (Å²) in [5, 5.41) is 10.3. The van der Waals surface area contributed by atoms with Gasteiger partial charge in [-0.1, -0.05) is 20.3 Å². The highest BCUT2D eigenvalue weighted by atomic mass is 16.3. The second-order valence-electron chi connectivity index (χ2n) is 5.29. The Kier molecular flexibility index (Phi) is 4.56. The van der Waals surface area contributed by atoms with Gasteiger partial charge in [-0.3, -0.25) is 0 Å². The monoisotopic (exact) mass is 214 g/mol. The van der Waals surface area contributed by atoms with E-state index < -0.39 is 5.60 Å². The first-order valence-corrected chi connectivity index (χ1v) is 6.12. The van der Waals surface area contributed by atoms with E-state index in [0.717, 1.165) is 25.9 Å². The Morgan fingerprint density at radius 3 is 2.53 bits per heavy atom. The summed E-state index contributed by atoms with van der Waals surface area (Å²) in [6.07, 6.45) is 3.48. The summed E-state index contributed by atoms with van der Waals surface area (Å²) in [5.74, 6) is 1.14. The molecule has 0 heterocycles. The summed E-state index contributed by atoms with van der Waals surface area (Å²) >= 11 is 0. The number of rotatable bonds is 7. The summed E-state index contributed by atoms with van der Waals surface area (Å²) in [5.41, 5.74) is 5.05. The van der Waals surface area contributed by atoms with Gasteiger partial charge < -0.3 is 15.7 Å². The molecule has 1 aliphatic carbocycles. The Balaban J connectivity index is 2.37. The largest absolute Gasteiger partial charge is 0.387 e. The first-order chi connectivity index (χ1) is 7.01. The Bertz CT molecular complexity index is 194. The van der Waals surface area contributed by atoms with Crippen molar-refractivity contribution in [1.29, 1.82) is 0 Å². The molecule has 1 saturated carbocycles. The van der Waals surface area contributed by atoms with Crippen LogP contribution < -0.4 is 5.73 Å². The van der Waals surface area contributed by atoms with Gasteiger partial charge in [0.05, 0.1) is 5.60 Å². The summed E-state index contributed by atoms with van der Waals surface area (Å²) in [6.45, 7) is 6.61. The number of nitrogens with zero attached hydrogens (tertiary/aromatic N) is 1. The molecule has 1 rings (SSSR count). The normalized spacial score (nSPS) is 22.8. The molecule has 0 bridgehead atoms. The highest BCUT2D eigenvalue weighted by Crippen LogP contribution is 2.39. The third-order valence-corrected chi connectivity index (χ3v) is 3.55. The first kappa shape index (κ1) is 12.9. The third kappa shape index (κ3) is 3.74. The van der Waals surface area contributed by atoms with Crippen molar-refractivity contribution in [3.63, 3.8) is 0 Å². The van der Waals surface area contributed by atoms with Crippen LogP contribution in [0.25, 0.3) is 0 Å². The molecule has 0 aromatic rings. The molecule has 0 radical (unpaired) electrons. The van der Waals surface area contributed by atoms with E-state index in [2.05, 4.69) is 25.8 Å². The molecule has 1 aliphatic rings. The van der Waals surface area contributed by atoms with E-state index in [1.54, 1.807) is 0 Å². The molecule has 3 nitrogen and oxygen atoms in total. The average Bonchev–Trinajstić information content (AvgIpc) is 3.00. The van der Waals surface area contributed by atoms with Crippen LogP contribution in [0.5, 0.6) is 0 Å². The smallest absolute Gasteiger partial charge is 0.0923 e. The van der Waals surface area contributed by atoms with Crippen molar-refractivity contribution in [2.75, 3.05) is 26.7 Å². The molecular formula is C12H26N2O. The van der Waals surface area contributed by atoms with E-state index in [9.17, 15) is 5.11 Å². The third-order valence-electron chi connectivity index (χ3n) is 3.55. The number of aliphatic hydroxyl groups is 1. The van der Waals surface area contributed by atoms with Gasteiger partial charge in [0.1, 0.15) is 0 Å². The number of hydrogen-bond donors (Lipinski definition) is 2. The Morgan fingerprint density at radius 1 is 1.53 bits per heavy atom. The maximum absolute atomic E-state index is 10.3. The molecule has 90 valence electrons. The van der Waals surface area contributed by atoms with Crippen LogP contribution in [-0.2, 0) is 0 Å². The standard InChI is InChI=1S/C12H26N2O/c1-4-10(2)7-14(3)9-12(15,8-13)11-5-6-11/h10-11,15H,4-9,13H2,1-3H3. The molecule has 15 heavy (non-hydrogen) atoms. The fourth-order valence-corrected chi connectivity index (χ4v) is 2.17. The van der Waals surface area contributed by atoms with Crippen molar-refractivity contribution in [2.45, 2.75) is 38.7 Å². The van der Waals surface area contributed by atoms with Crippen molar-refractivity contribution in [3.8, 4) is 0 Å². The van der Waals surface area contributed by atoms with E-state index in [1.165, 1.54) is 6.42 Å².